The summed E-state index contributed by atoms with van der Waals surface area (Å²) in [7, 11) is -2.56. The average Bonchev–Trinajstić information content (AvgIpc) is 2.80. The van der Waals surface area contributed by atoms with Gasteiger partial charge in [-0.3, -0.25) is 4.79 Å². The second-order valence-electron chi connectivity index (χ2n) is 4.98. The highest BCUT2D eigenvalue weighted by atomic mass is 35.5. The zero-order valence-electron chi connectivity index (χ0n) is 11.5. The number of ether oxygens (including phenoxy) is 1. The van der Waals surface area contributed by atoms with E-state index in [1.165, 1.54) is 23.5 Å². The molecule has 1 aliphatic rings. The molecule has 116 valence electrons. The van der Waals surface area contributed by atoms with E-state index >= 15 is 0 Å². The fraction of sp³-hybridized carbons (Fsp3) is 0.462. The number of carbonyl (C=O) groups is 1. The first kappa shape index (κ1) is 16.5. The van der Waals surface area contributed by atoms with Crippen molar-refractivity contribution >= 4 is 39.2 Å². The van der Waals surface area contributed by atoms with Crippen molar-refractivity contribution in [2.75, 3.05) is 20.2 Å². The first-order chi connectivity index (χ1) is 9.78. The number of hydrogen-bond donors (Lipinski definition) is 0. The number of hydrogen-bond acceptors (Lipinski definition) is 4. The molecule has 1 aliphatic heterocycles. The van der Waals surface area contributed by atoms with Crippen molar-refractivity contribution < 1.29 is 17.9 Å². The maximum Gasteiger partial charge on any atom is 0.310 e. The van der Waals surface area contributed by atoms with Gasteiger partial charge in [0.1, 0.15) is 4.90 Å². The summed E-state index contributed by atoms with van der Waals surface area (Å²) in [5.41, 5.74) is 0. The standard InChI is InChI=1S/C13H15Cl2NO4S/c1-8-6-16(7-9(8)13(17)20-2)21(18,19)12-10(14)4-3-5-11(12)15/h3-5,8-9H,6-7H2,1-2H3. The van der Waals surface area contributed by atoms with Gasteiger partial charge in [0.2, 0.25) is 10.0 Å². The molecule has 2 rings (SSSR count). The quantitative estimate of drug-likeness (QED) is 0.784. The van der Waals surface area contributed by atoms with Gasteiger partial charge in [-0.15, -0.1) is 0 Å². The first-order valence-electron chi connectivity index (χ1n) is 6.31. The fourth-order valence-electron chi connectivity index (χ4n) is 2.43. The largest absolute Gasteiger partial charge is 0.469 e. The zero-order valence-corrected chi connectivity index (χ0v) is 13.9. The average molecular weight is 352 g/mol. The molecule has 0 bridgehead atoms. The Morgan fingerprint density at radius 3 is 2.38 bits per heavy atom. The molecule has 1 fully saturated rings. The number of rotatable bonds is 3. The van der Waals surface area contributed by atoms with Crippen molar-refractivity contribution in [1.29, 1.82) is 0 Å². The molecule has 21 heavy (non-hydrogen) atoms. The van der Waals surface area contributed by atoms with Crippen LogP contribution in [0.2, 0.25) is 10.0 Å². The van der Waals surface area contributed by atoms with Gasteiger partial charge in [0, 0.05) is 13.1 Å². The van der Waals surface area contributed by atoms with Gasteiger partial charge in [-0.25, -0.2) is 8.42 Å². The summed E-state index contributed by atoms with van der Waals surface area (Å²) in [5, 5.41) is 0.133. The molecule has 0 aliphatic carbocycles. The SMILES string of the molecule is COC(=O)C1CN(S(=O)(=O)c2c(Cl)cccc2Cl)CC1C. The minimum absolute atomic E-state index is 0.0664. The molecule has 0 amide bonds. The lowest BCUT2D eigenvalue weighted by molar-refractivity contribution is -0.145. The molecule has 2 unspecified atom stereocenters. The summed E-state index contributed by atoms with van der Waals surface area (Å²) in [6.07, 6.45) is 0. The number of benzene rings is 1. The van der Waals surface area contributed by atoms with Gasteiger partial charge < -0.3 is 4.74 Å². The maximum absolute atomic E-state index is 12.7. The minimum atomic E-state index is -3.85. The third-order valence-corrected chi connectivity index (χ3v) is 6.39. The normalized spacial score (nSPS) is 23.2. The van der Waals surface area contributed by atoms with Gasteiger partial charge in [-0.2, -0.15) is 4.31 Å². The molecule has 1 aromatic carbocycles. The molecule has 1 saturated heterocycles. The zero-order chi connectivity index (χ0) is 15.8. The van der Waals surface area contributed by atoms with Crippen LogP contribution >= 0.6 is 23.2 Å². The Balaban J connectivity index is 2.36. The van der Waals surface area contributed by atoms with Crippen molar-refractivity contribution in [3.8, 4) is 0 Å². The number of carbonyl (C=O) groups excluding carboxylic acids is 1. The van der Waals surface area contributed by atoms with Crippen LogP contribution in [0.5, 0.6) is 0 Å². The van der Waals surface area contributed by atoms with Crippen molar-refractivity contribution in [1.82, 2.24) is 4.31 Å². The number of methoxy groups -OCH3 is 1. The van der Waals surface area contributed by atoms with E-state index in [1.54, 1.807) is 6.07 Å². The highest BCUT2D eigenvalue weighted by molar-refractivity contribution is 7.89. The van der Waals surface area contributed by atoms with Crippen LogP contribution in [-0.2, 0) is 19.6 Å². The molecule has 2 atom stereocenters. The summed E-state index contributed by atoms with van der Waals surface area (Å²) >= 11 is 11.9. The van der Waals surface area contributed by atoms with Crippen LogP contribution in [0.15, 0.2) is 23.1 Å². The van der Waals surface area contributed by atoms with Gasteiger partial charge in [-0.1, -0.05) is 36.2 Å². The number of esters is 1. The van der Waals surface area contributed by atoms with Crippen molar-refractivity contribution in [2.24, 2.45) is 11.8 Å². The van der Waals surface area contributed by atoms with Gasteiger partial charge in [0.15, 0.2) is 0 Å². The van der Waals surface area contributed by atoms with E-state index in [9.17, 15) is 13.2 Å². The molecular weight excluding hydrogens is 337 g/mol. The lowest BCUT2D eigenvalue weighted by Crippen LogP contribution is -2.30. The molecular formula is C13H15Cl2NO4S. The van der Waals surface area contributed by atoms with E-state index < -0.39 is 21.9 Å². The molecule has 1 heterocycles. The van der Waals surface area contributed by atoms with E-state index in [2.05, 4.69) is 0 Å². The van der Waals surface area contributed by atoms with E-state index in [1.807, 2.05) is 6.92 Å². The van der Waals surface area contributed by atoms with E-state index in [4.69, 9.17) is 27.9 Å². The summed E-state index contributed by atoms with van der Waals surface area (Å²) in [6, 6.07) is 4.52. The highest BCUT2D eigenvalue weighted by Gasteiger charge is 2.42. The Kier molecular flexibility index (Phi) is 4.82. The lowest BCUT2D eigenvalue weighted by atomic mass is 9.99. The van der Waals surface area contributed by atoms with Crippen LogP contribution in [0.4, 0.5) is 0 Å². The van der Waals surface area contributed by atoms with Crippen LogP contribution in [-0.4, -0.2) is 38.9 Å². The van der Waals surface area contributed by atoms with Crippen molar-refractivity contribution in [3.63, 3.8) is 0 Å². The monoisotopic (exact) mass is 351 g/mol. The Bertz CT molecular complexity index is 642. The first-order valence-corrected chi connectivity index (χ1v) is 8.50. The van der Waals surface area contributed by atoms with Gasteiger partial charge in [-0.05, 0) is 18.1 Å². The fourth-order valence-corrected chi connectivity index (χ4v) is 5.09. The van der Waals surface area contributed by atoms with Crippen LogP contribution < -0.4 is 0 Å². The molecule has 0 aromatic heterocycles. The van der Waals surface area contributed by atoms with Gasteiger partial charge in [0.25, 0.3) is 0 Å². The van der Waals surface area contributed by atoms with Crippen LogP contribution in [0.3, 0.4) is 0 Å². The predicted octanol–water partition coefficient (Wildman–Crippen LogP) is 2.42. The van der Waals surface area contributed by atoms with Gasteiger partial charge in [0.05, 0.1) is 23.1 Å². The minimum Gasteiger partial charge on any atom is -0.469 e. The Morgan fingerprint density at radius 2 is 1.86 bits per heavy atom. The van der Waals surface area contributed by atoms with Crippen LogP contribution in [0, 0.1) is 11.8 Å². The van der Waals surface area contributed by atoms with Crippen LogP contribution in [0.1, 0.15) is 6.92 Å². The molecule has 5 nitrogen and oxygen atoms in total. The topological polar surface area (TPSA) is 63.7 Å². The predicted molar refractivity (Wildman–Crippen MR) is 79.9 cm³/mol. The smallest absolute Gasteiger partial charge is 0.310 e. The second kappa shape index (κ2) is 6.12. The summed E-state index contributed by atoms with van der Waals surface area (Å²) < 4.78 is 31.3. The Morgan fingerprint density at radius 1 is 1.29 bits per heavy atom. The van der Waals surface area contributed by atoms with Crippen LogP contribution in [0.25, 0.3) is 0 Å². The highest BCUT2D eigenvalue weighted by Crippen LogP contribution is 2.35. The Labute approximate surface area is 133 Å². The molecule has 0 N–H and O–H groups in total. The molecule has 1 aromatic rings. The summed E-state index contributed by atoms with van der Waals surface area (Å²) in [5.74, 6) is -1.02. The van der Waals surface area contributed by atoms with E-state index in [-0.39, 0.29) is 33.9 Å². The van der Waals surface area contributed by atoms with Crippen molar-refractivity contribution in [2.45, 2.75) is 11.8 Å². The number of nitrogens with zero attached hydrogens (tertiary/aromatic N) is 1. The van der Waals surface area contributed by atoms with E-state index in [0.717, 1.165) is 0 Å². The molecule has 8 heteroatoms. The maximum atomic E-state index is 12.7. The van der Waals surface area contributed by atoms with Crippen molar-refractivity contribution in [3.05, 3.63) is 28.2 Å². The molecule has 0 saturated carbocycles. The second-order valence-corrected chi connectivity index (χ2v) is 7.67. The number of sulfonamides is 1. The molecule has 0 radical (unpaired) electrons. The third kappa shape index (κ3) is 3.04. The summed E-state index contributed by atoms with van der Waals surface area (Å²) in [4.78, 5) is 11.6. The van der Waals surface area contributed by atoms with Gasteiger partial charge >= 0.3 is 5.97 Å². The number of halogens is 2. The third-order valence-electron chi connectivity index (χ3n) is 3.60. The lowest BCUT2D eigenvalue weighted by Gasteiger charge is -2.18. The Hall–Kier alpha value is -0.820. The van der Waals surface area contributed by atoms with E-state index in [0.29, 0.717) is 0 Å². The molecule has 0 spiro atoms. The summed E-state index contributed by atoms with van der Waals surface area (Å²) in [6.45, 7) is 2.10.